The number of hydrogen-bond acceptors (Lipinski definition) is 3. The Labute approximate surface area is 94.5 Å². The largest absolute Gasteiger partial charge is 0.351 e. The Morgan fingerprint density at radius 1 is 1.25 bits per heavy atom. The Bertz CT molecular complexity index is 471. The minimum atomic E-state index is 0.557. The van der Waals surface area contributed by atoms with E-state index in [0.29, 0.717) is 6.04 Å². The van der Waals surface area contributed by atoms with Gasteiger partial charge in [0, 0.05) is 23.8 Å². The van der Waals surface area contributed by atoms with Crippen molar-refractivity contribution in [1.82, 2.24) is 15.0 Å². The van der Waals surface area contributed by atoms with E-state index in [-0.39, 0.29) is 0 Å². The van der Waals surface area contributed by atoms with Gasteiger partial charge < -0.3 is 10.3 Å². The topological polar surface area (TPSA) is 53.6 Å². The van der Waals surface area contributed by atoms with Crippen LogP contribution in [0.1, 0.15) is 32.1 Å². The van der Waals surface area contributed by atoms with Gasteiger partial charge in [-0.05, 0) is 18.9 Å². The molecule has 0 unspecified atom stereocenters. The molecule has 0 radical (unpaired) electrons. The van der Waals surface area contributed by atoms with E-state index in [4.69, 9.17) is 0 Å². The molecular weight excluding hydrogens is 200 g/mol. The summed E-state index contributed by atoms with van der Waals surface area (Å²) < 4.78 is 0. The van der Waals surface area contributed by atoms with E-state index < -0.39 is 0 Å². The molecule has 0 aromatic carbocycles. The van der Waals surface area contributed by atoms with Gasteiger partial charge in [-0.15, -0.1) is 0 Å². The van der Waals surface area contributed by atoms with Crippen LogP contribution in [0.25, 0.3) is 11.0 Å². The number of H-pyrrole nitrogens is 1. The van der Waals surface area contributed by atoms with Gasteiger partial charge in [0.2, 0.25) is 5.95 Å². The van der Waals surface area contributed by atoms with Gasteiger partial charge in [-0.25, -0.2) is 4.98 Å². The molecule has 1 fully saturated rings. The van der Waals surface area contributed by atoms with Crippen molar-refractivity contribution in [3.63, 3.8) is 0 Å². The number of nitrogens with zero attached hydrogens (tertiary/aromatic N) is 2. The smallest absolute Gasteiger partial charge is 0.224 e. The lowest BCUT2D eigenvalue weighted by Gasteiger charge is -2.22. The Hall–Kier alpha value is -1.58. The normalized spacial score (nSPS) is 17.8. The summed E-state index contributed by atoms with van der Waals surface area (Å²) in [6.07, 6.45) is 10.3. The molecule has 1 aliphatic rings. The van der Waals surface area contributed by atoms with Crippen LogP contribution in [0, 0.1) is 0 Å². The quantitative estimate of drug-likeness (QED) is 0.811. The highest BCUT2D eigenvalue weighted by Crippen LogP contribution is 2.20. The fourth-order valence-electron chi connectivity index (χ4n) is 2.34. The van der Waals surface area contributed by atoms with Gasteiger partial charge in [-0.1, -0.05) is 19.3 Å². The predicted molar refractivity (Wildman–Crippen MR) is 64.4 cm³/mol. The van der Waals surface area contributed by atoms with Crippen LogP contribution >= 0.6 is 0 Å². The van der Waals surface area contributed by atoms with Crippen LogP contribution < -0.4 is 5.32 Å². The fraction of sp³-hybridized carbons (Fsp3) is 0.500. The van der Waals surface area contributed by atoms with Gasteiger partial charge in [0.15, 0.2) is 0 Å². The van der Waals surface area contributed by atoms with Gasteiger partial charge >= 0.3 is 0 Å². The highest BCUT2D eigenvalue weighted by Gasteiger charge is 2.14. The molecule has 2 N–H and O–H groups in total. The molecule has 0 atom stereocenters. The first-order valence-electron chi connectivity index (χ1n) is 5.98. The molecule has 0 aliphatic heterocycles. The molecule has 2 aromatic heterocycles. The number of rotatable bonds is 2. The highest BCUT2D eigenvalue weighted by molar-refractivity contribution is 5.75. The first-order valence-corrected chi connectivity index (χ1v) is 5.98. The summed E-state index contributed by atoms with van der Waals surface area (Å²) >= 11 is 0. The van der Waals surface area contributed by atoms with Gasteiger partial charge in [-0.3, -0.25) is 0 Å². The molecule has 2 heterocycles. The van der Waals surface area contributed by atoms with Crippen molar-refractivity contribution in [2.75, 3.05) is 5.32 Å². The molecule has 16 heavy (non-hydrogen) atoms. The number of fused-ring (bicyclic) bond motifs is 1. The molecule has 84 valence electrons. The molecule has 1 saturated carbocycles. The number of nitrogens with one attached hydrogen (secondary N) is 2. The molecular formula is C12H16N4. The Balaban J connectivity index is 1.77. The second-order valence-electron chi connectivity index (χ2n) is 4.45. The maximum Gasteiger partial charge on any atom is 0.224 e. The third-order valence-electron chi connectivity index (χ3n) is 3.24. The molecule has 4 heteroatoms. The Morgan fingerprint density at radius 3 is 3.00 bits per heavy atom. The first-order chi connectivity index (χ1) is 7.92. The summed E-state index contributed by atoms with van der Waals surface area (Å²) in [5, 5.41) is 4.48. The molecule has 0 bridgehead atoms. The van der Waals surface area contributed by atoms with Crippen LogP contribution in [0.5, 0.6) is 0 Å². The van der Waals surface area contributed by atoms with Gasteiger partial charge in [-0.2, -0.15) is 4.98 Å². The van der Waals surface area contributed by atoms with Crippen LogP contribution in [-0.4, -0.2) is 21.0 Å². The molecule has 0 saturated heterocycles. The summed E-state index contributed by atoms with van der Waals surface area (Å²) in [6, 6.07) is 2.54. The van der Waals surface area contributed by atoms with Crippen LogP contribution in [0.3, 0.4) is 0 Å². The molecule has 4 nitrogen and oxygen atoms in total. The van der Waals surface area contributed by atoms with Crippen LogP contribution in [0.4, 0.5) is 5.95 Å². The zero-order chi connectivity index (χ0) is 10.8. The lowest BCUT2D eigenvalue weighted by atomic mass is 9.96. The average molecular weight is 216 g/mol. The minimum absolute atomic E-state index is 0.557. The van der Waals surface area contributed by atoms with Crippen molar-refractivity contribution in [3.8, 4) is 0 Å². The van der Waals surface area contributed by atoms with E-state index >= 15 is 0 Å². The number of aromatic amines is 1. The minimum Gasteiger partial charge on any atom is -0.351 e. The zero-order valence-corrected chi connectivity index (χ0v) is 9.24. The SMILES string of the molecule is c1cc2cnc(NC3CCCCC3)nc2[nH]1. The monoisotopic (exact) mass is 216 g/mol. The summed E-state index contributed by atoms with van der Waals surface area (Å²) in [5.41, 5.74) is 0.910. The van der Waals surface area contributed by atoms with Crippen molar-refractivity contribution < 1.29 is 0 Å². The third-order valence-corrected chi connectivity index (χ3v) is 3.24. The van der Waals surface area contributed by atoms with Crippen molar-refractivity contribution >= 4 is 17.0 Å². The van der Waals surface area contributed by atoms with E-state index in [1.54, 1.807) is 0 Å². The highest BCUT2D eigenvalue weighted by atomic mass is 15.1. The summed E-state index contributed by atoms with van der Waals surface area (Å²) in [4.78, 5) is 11.9. The summed E-state index contributed by atoms with van der Waals surface area (Å²) in [6.45, 7) is 0. The predicted octanol–water partition coefficient (Wildman–Crippen LogP) is 2.70. The van der Waals surface area contributed by atoms with Crippen molar-refractivity contribution in [1.29, 1.82) is 0 Å². The second kappa shape index (κ2) is 4.12. The van der Waals surface area contributed by atoms with E-state index in [0.717, 1.165) is 17.0 Å². The lowest BCUT2D eigenvalue weighted by Crippen LogP contribution is -2.23. The average Bonchev–Trinajstić information content (AvgIpc) is 2.77. The van der Waals surface area contributed by atoms with E-state index in [9.17, 15) is 0 Å². The van der Waals surface area contributed by atoms with E-state index in [1.807, 2.05) is 18.5 Å². The fourth-order valence-corrected chi connectivity index (χ4v) is 2.34. The van der Waals surface area contributed by atoms with Crippen LogP contribution in [0.2, 0.25) is 0 Å². The number of anilines is 1. The maximum atomic E-state index is 4.45. The Morgan fingerprint density at radius 2 is 2.12 bits per heavy atom. The Kier molecular flexibility index (Phi) is 2.48. The van der Waals surface area contributed by atoms with Crippen molar-refractivity contribution in [3.05, 3.63) is 18.5 Å². The summed E-state index contributed by atoms with van der Waals surface area (Å²) in [7, 11) is 0. The molecule has 0 amide bonds. The van der Waals surface area contributed by atoms with E-state index in [2.05, 4.69) is 20.3 Å². The summed E-state index contributed by atoms with van der Waals surface area (Å²) in [5.74, 6) is 0.752. The second-order valence-corrected chi connectivity index (χ2v) is 4.45. The van der Waals surface area contributed by atoms with Crippen LogP contribution in [0.15, 0.2) is 18.5 Å². The molecule has 3 rings (SSSR count). The van der Waals surface area contributed by atoms with Crippen molar-refractivity contribution in [2.24, 2.45) is 0 Å². The zero-order valence-electron chi connectivity index (χ0n) is 9.24. The molecule has 2 aromatic rings. The molecule has 0 spiro atoms. The third kappa shape index (κ3) is 1.87. The number of aromatic nitrogens is 3. The van der Waals surface area contributed by atoms with Gasteiger partial charge in [0.1, 0.15) is 5.65 Å². The lowest BCUT2D eigenvalue weighted by molar-refractivity contribution is 0.461. The maximum absolute atomic E-state index is 4.45. The standard InChI is InChI=1S/C12H16N4/c1-2-4-10(5-3-1)15-12-14-8-9-6-7-13-11(9)16-12/h6-8,10H,1-5H2,(H2,13,14,15,16). The number of hydrogen-bond donors (Lipinski definition) is 2. The van der Waals surface area contributed by atoms with Crippen LogP contribution in [-0.2, 0) is 0 Å². The van der Waals surface area contributed by atoms with Gasteiger partial charge in [0.05, 0.1) is 0 Å². The van der Waals surface area contributed by atoms with Crippen molar-refractivity contribution in [2.45, 2.75) is 38.1 Å². The van der Waals surface area contributed by atoms with Gasteiger partial charge in [0.25, 0.3) is 0 Å². The molecule has 1 aliphatic carbocycles. The first kappa shape index (κ1) is 9.63. The van der Waals surface area contributed by atoms with E-state index in [1.165, 1.54) is 32.1 Å².